The zero-order valence-corrected chi connectivity index (χ0v) is 10.9. The van der Waals surface area contributed by atoms with E-state index in [0.717, 1.165) is 5.01 Å². The summed E-state index contributed by atoms with van der Waals surface area (Å²) in [5.41, 5.74) is 0. The number of carbonyl (C=O) groups excluding carboxylic acids is 1. The monoisotopic (exact) mass is 279 g/mol. The van der Waals surface area contributed by atoms with Gasteiger partial charge in [0.25, 0.3) is 6.29 Å². The normalized spacial score (nSPS) is 12.5. The number of carbonyl (C=O) groups is 2. The van der Waals surface area contributed by atoms with E-state index in [2.05, 4.69) is 19.6 Å². The minimum atomic E-state index is -1.19. The van der Waals surface area contributed by atoms with Crippen molar-refractivity contribution in [1.82, 2.24) is 5.01 Å². The highest BCUT2D eigenvalue weighted by Crippen LogP contribution is 1.99. The number of likely N-dealkylation sites (N-methyl/N-ethyl adjacent to an activating group) is 1. The molecule has 1 atom stereocenters. The molecule has 0 aliphatic rings. The van der Waals surface area contributed by atoms with Crippen molar-refractivity contribution in [3.63, 3.8) is 0 Å². The quantitative estimate of drug-likeness (QED) is 0.226. The van der Waals surface area contributed by atoms with Gasteiger partial charge in [-0.1, -0.05) is 0 Å². The van der Waals surface area contributed by atoms with Crippen molar-refractivity contribution in [3.8, 4) is 0 Å². The number of aliphatic carboxylic acids is 1. The second-order valence-electron chi connectivity index (χ2n) is 3.18. The highest BCUT2D eigenvalue weighted by molar-refractivity contribution is 5.68. The summed E-state index contributed by atoms with van der Waals surface area (Å²) in [7, 11) is 0. The molecule has 1 unspecified atom stereocenters. The minimum Gasteiger partial charge on any atom is -0.569 e. The van der Waals surface area contributed by atoms with Crippen LogP contribution in [0.4, 0.5) is 4.79 Å². The van der Waals surface area contributed by atoms with Crippen LogP contribution in [0.3, 0.4) is 0 Å². The lowest BCUT2D eigenvalue weighted by Gasteiger charge is -2.14. The molecule has 0 fully saturated rings. The molecule has 10 heteroatoms. The average molecular weight is 279 g/mol. The van der Waals surface area contributed by atoms with E-state index >= 15 is 0 Å². The van der Waals surface area contributed by atoms with Gasteiger partial charge in [-0.2, -0.15) is 0 Å². The Morgan fingerprint density at radius 2 is 2.11 bits per heavy atom. The van der Waals surface area contributed by atoms with Crippen LogP contribution in [0.2, 0.25) is 0 Å². The number of nitrogens with zero attached hydrogens (tertiary/aromatic N) is 3. The zero-order chi connectivity index (χ0) is 14.8. The van der Waals surface area contributed by atoms with E-state index in [0.29, 0.717) is 0 Å². The van der Waals surface area contributed by atoms with E-state index in [1.165, 1.54) is 6.92 Å². The van der Waals surface area contributed by atoms with Gasteiger partial charge in [0.1, 0.15) is 0 Å². The van der Waals surface area contributed by atoms with Crippen molar-refractivity contribution in [3.05, 3.63) is 5.21 Å². The summed E-state index contributed by atoms with van der Waals surface area (Å²) in [4.78, 5) is 25.9. The van der Waals surface area contributed by atoms with Crippen LogP contribution in [0.25, 0.3) is 0 Å². The Bertz CT molecular complexity index is 334. The van der Waals surface area contributed by atoms with Gasteiger partial charge in [0.2, 0.25) is 5.28 Å². The van der Waals surface area contributed by atoms with Crippen LogP contribution < -0.4 is 0 Å². The van der Waals surface area contributed by atoms with Gasteiger partial charge >= 0.3 is 12.1 Å². The second-order valence-corrected chi connectivity index (χ2v) is 3.18. The molecule has 0 radical (unpaired) electrons. The molecule has 0 aromatic rings. The van der Waals surface area contributed by atoms with Crippen LogP contribution in [0.1, 0.15) is 20.8 Å². The molecule has 1 N–H and O–H groups in total. The molecule has 0 aromatic heterocycles. The predicted molar refractivity (Wildman–Crippen MR) is 59.6 cm³/mol. The number of hydrazine groups is 1. The van der Waals surface area contributed by atoms with Gasteiger partial charge in [-0.05, 0) is 13.8 Å². The number of hydrogen-bond acceptors (Lipinski definition) is 7. The Hall–Kier alpha value is -2.26. The summed E-state index contributed by atoms with van der Waals surface area (Å²) in [6.45, 7) is 4.22. The summed E-state index contributed by atoms with van der Waals surface area (Å²) in [6, 6.07) is 0. The number of carboxylic acid groups (broad SMARTS) is 1. The SMILES string of the molecule is CCOC(=O)OC(C)O/N=[N+](\[O-])N(CC)CC(=O)O. The molecule has 10 nitrogen and oxygen atoms in total. The van der Waals surface area contributed by atoms with Crippen molar-refractivity contribution in [2.24, 2.45) is 5.28 Å². The van der Waals surface area contributed by atoms with Gasteiger partial charge in [0.05, 0.1) is 18.1 Å². The molecule has 0 amide bonds. The molecule has 0 spiro atoms. The summed E-state index contributed by atoms with van der Waals surface area (Å²) < 4.78 is 9.04. The van der Waals surface area contributed by atoms with Gasteiger partial charge in [0.15, 0.2) is 6.54 Å². The Labute approximate surface area is 109 Å². The average Bonchev–Trinajstić information content (AvgIpc) is 2.33. The van der Waals surface area contributed by atoms with Crippen molar-refractivity contribution in [2.75, 3.05) is 19.7 Å². The number of rotatable bonds is 8. The fourth-order valence-corrected chi connectivity index (χ4v) is 0.917. The summed E-state index contributed by atoms with van der Waals surface area (Å²) in [5, 5.41) is 23.8. The Morgan fingerprint density at radius 3 is 2.58 bits per heavy atom. The van der Waals surface area contributed by atoms with E-state index in [1.54, 1.807) is 13.8 Å². The molecule has 0 aliphatic heterocycles. The van der Waals surface area contributed by atoms with Crippen LogP contribution in [0.15, 0.2) is 5.28 Å². The van der Waals surface area contributed by atoms with Gasteiger partial charge in [-0.3, -0.25) is 9.63 Å². The first-order valence-corrected chi connectivity index (χ1v) is 5.54. The third kappa shape index (κ3) is 7.63. The Balaban J connectivity index is 4.27. The first-order chi connectivity index (χ1) is 8.90. The van der Waals surface area contributed by atoms with Gasteiger partial charge in [-0.25, -0.2) is 4.79 Å². The predicted octanol–water partition coefficient (Wildman–Crippen LogP) is 0.721. The largest absolute Gasteiger partial charge is 0.569 e. The van der Waals surface area contributed by atoms with E-state index in [4.69, 9.17) is 5.11 Å². The first-order valence-electron chi connectivity index (χ1n) is 5.54. The smallest absolute Gasteiger partial charge is 0.511 e. The molecule has 0 heterocycles. The molecule has 110 valence electrons. The molecule has 0 aromatic carbocycles. The molecule has 0 bridgehead atoms. The fourth-order valence-electron chi connectivity index (χ4n) is 0.917. The Kier molecular flexibility index (Phi) is 7.73. The van der Waals surface area contributed by atoms with E-state index in [9.17, 15) is 14.8 Å². The highest BCUT2D eigenvalue weighted by Gasteiger charge is 2.17. The zero-order valence-electron chi connectivity index (χ0n) is 10.9. The van der Waals surface area contributed by atoms with E-state index < -0.39 is 25.0 Å². The Morgan fingerprint density at radius 1 is 1.47 bits per heavy atom. The minimum absolute atomic E-state index is 0.0286. The molecule has 0 aliphatic carbocycles. The maximum atomic E-state index is 11.3. The lowest BCUT2D eigenvalue weighted by Crippen LogP contribution is -2.35. The summed E-state index contributed by atoms with van der Waals surface area (Å²) >= 11 is 0. The molecule has 0 rings (SSSR count). The highest BCUT2D eigenvalue weighted by atomic mass is 16.8. The molecule has 0 saturated heterocycles. The number of ether oxygens (including phenoxy) is 2. The summed E-state index contributed by atoms with van der Waals surface area (Å²) in [5.74, 6) is -1.19. The number of carboxylic acids is 1. The lowest BCUT2D eigenvalue weighted by atomic mass is 10.6. The molecular weight excluding hydrogens is 262 g/mol. The van der Waals surface area contributed by atoms with Crippen molar-refractivity contribution in [1.29, 1.82) is 0 Å². The topological polar surface area (TPSA) is 124 Å². The van der Waals surface area contributed by atoms with Crippen LogP contribution in [-0.4, -0.2) is 53.2 Å². The van der Waals surface area contributed by atoms with E-state index in [1.807, 2.05) is 0 Å². The maximum Gasteiger partial charge on any atom is 0.511 e. The van der Waals surface area contributed by atoms with E-state index in [-0.39, 0.29) is 18.1 Å². The van der Waals surface area contributed by atoms with Crippen LogP contribution in [-0.2, 0) is 19.1 Å². The van der Waals surface area contributed by atoms with Crippen molar-refractivity contribution < 1.29 is 34.0 Å². The number of hydrogen-bond donors (Lipinski definition) is 1. The lowest BCUT2D eigenvalue weighted by molar-refractivity contribution is -0.710. The molecular formula is C9H17N3O7. The third-order valence-electron chi connectivity index (χ3n) is 1.71. The first kappa shape index (κ1) is 16.7. The van der Waals surface area contributed by atoms with Crippen molar-refractivity contribution >= 4 is 12.1 Å². The van der Waals surface area contributed by atoms with Crippen molar-refractivity contribution in [2.45, 2.75) is 27.1 Å². The van der Waals surface area contributed by atoms with Crippen LogP contribution in [0.5, 0.6) is 0 Å². The van der Waals surface area contributed by atoms with Gasteiger partial charge in [-0.15, -0.1) is 5.01 Å². The maximum absolute atomic E-state index is 11.3. The summed E-state index contributed by atoms with van der Waals surface area (Å²) in [6.07, 6.45) is -2.10. The van der Waals surface area contributed by atoms with Crippen LogP contribution >= 0.6 is 0 Å². The molecule has 19 heavy (non-hydrogen) atoms. The molecule has 0 saturated carbocycles. The standard InChI is InChI=1S/C9H17N3O7/c1-4-11(6-8(13)14)12(16)10-19-7(3)18-9(15)17-5-2/h7H,4-6H2,1-3H3,(H,13,14)/b12-10-. The van der Waals surface area contributed by atoms with Gasteiger partial charge in [0, 0.05) is 6.92 Å². The fraction of sp³-hybridized carbons (Fsp3) is 0.778. The van der Waals surface area contributed by atoms with Crippen LogP contribution in [0, 0.1) is 5.21 Å². The second kappa shape index (κ2) is 8.78. The van der Waals surface area contributed by atoms with Gasteiger partial charge < -0.3 is 19.8 Å². The third-order valence-corrected chi connectivity index (χ3v) is 1.71.